The molecule has 170 valence electrons. The van der Waals surface area contributed by atoms with Crippen LogP contribution in [0.1, 0.15) is 82.7 Å². The number of amides is 1. The van der Waals surface area contributed by atoms with Crippen LogP contribution in [0.3, 0.4) is 0 Å². The number of rotatable bonds is 8. The Morgan fingerprint density at radius 1 is 1.16 bits per heavy atom. The summed E-state index contributed by atoms with van der Waals surface area (Å²) in [6.45, 7) is 0.801. The van der Waals surface area contributed by atoms with Gasteiger partial charge in [-0.1, -0.05) is 51.0 Å². The predicted octanol–water partition coefficient (Wildman–Crippen LogP) is 4.22. The smallest absolute Gasteiger partial charge is 0.254 e. The summed E-state index contributed by atoms with van der Waals surface area (Å²) in [7, 11) is 1.75. The Morgan fingerprint density at radius 2 is 1.97 bits per heavy atom. The topological polar surface area (TPSA) is 81.1 Å². The lowest BCUT2D eigenvalue weighted by molar-refractivity contribution is -0.131. The molecule has 1 aromatic heterocycles. The number of likely N-dealkylation sites (N-methyl/N-ethyl adjacent to an activating group) is 1. The van der Waals surface area contributed by atoms with Crippen molar-refractivity contribution in [2.75, 3.05) is 7.05 Å². The second-order valence-electron chi connectivity index (χ2n) is 10.1. The van der Waals surface area contributed by atoms with E-state index in [-0.39, 0.29) is 11.9 Å². The van der Waals surface area contributed by atoms with E-state index in [0.29, 0.717) is 12.0 Å². The second kappa shape index (κ2) is 10.1. The molecule has 1 aromatic rings. The van der Waals surface area contributed by atoms with Gasteiger partial charge >= 0.3 is 0 Å². The maximum Gasteiger partial charge on any atom is 0.254 e. The molecule has 31 heavy (non-hydrogen) atoms. The zero-order valence-electron chi connectivity index (χ0n) is 19.0. The second-order valence-corrected chi connectivity index (χ2v) is 10.1. The molecular weight excluding hydrogens is 386 g/mol. The molecule has 2 saturated carbocycles. The first-order chi connectivity index (χ1) is 15.1. The van der Waals surface area contributed by atoms with Gasteiger partial charge in [-0.15, -0.1) is 0 Å². The summed E-state index contributed by atoms with van der Waals surface area (Å²) in [5.41, 5.74) is 0.507. The van der Waals surface area contributed by atoms with Crippen molar-refractivity contribution in [1.82, 2.24) is 20.5 Å². The first-order valence-corrected chi connectivity index (χ1v) is 12.3. The number of carbonyl (C=O) groups is 1. The minimum absolute atomic E-state index is 0.108. The number of carbonyl (C=O) groups excluding carboxylic acids is 1. The van der Waals surface area contributed by atoms with Crippen molar-refractivity contribution in [2.45, 2.75) is 95.2 Å². The van der Waals surface area contributed by atoms with Crippen molar-refractivity contribution >= 4 is 11.9 Å². The molecule has 0 radical (unpaired) electrons. The van der Waals surface area contributed by atoms with E-state index in [9.17, 15) is 4.79 Å². The quantitative estimate of drug-likeness (QED) is 0.583. The number of hydrogen-bond acceptors (Lipinski definition) is 4. The van der Waals surface area contributed by atoms with Crippen LogP contribution in [0.15, 0.2) is 24.4 Å². The first kappa shape index (κ1) is 22.3. The van der Waals surface area contributed by atoms with E-state index >= 15 is 0 Å². The monoisotopic (exact) mass is 425 g/mol. The maximum absolute atomic E-state index is 13.3. The highest BCUT2D eigenvalue weighted by molar-refractivity contribution is 6.07. The third kappa shape index (κ3) is 5.46. The Morgan fingerprint density at radius 3 is 2.68 bits per heavy atom. The zero-order chi connectivity index (χ0) is 21.7. The third-order valence-electron chi connectivity index (χ3n) is 7.83. The zero-order valence-corrected chi connectivity index (χ0v) is 19.0. The van der Waals surface area contributed by atoms with Gasteiger partial charge in [0.2, 0.25) is 0 Å². The molecule has 4 rings (SSSR count). The summed E-state index contributed by atoms with van der Waals surface area (Å²) < 4.78 is 0. The van der Waals surface area contributed by atoms with Gasteiger partial charge in [-0.25, -0.2) is 0 Å². The number of nitrogens with zero attached hydrogens (tertiary/aromatic N) is 2. The highest BCUT2D eigenvalue weighted by atomic mass is 16.2. The molecule has 6 nitrogen and oxygen atoms in total. The van der Waals surface area contributed by atoms with Gasteiger partial charge in [0.05, 0.1) is 5.69 Å². The van der Waals surface area contributed by atoms with Crippen LogP contribution in [0.2, 0.25) is 0 Å². The van der Waals surface area contributed by atoms with Gasteiger partial charge in [-0.3, -0.25) is 20.1 Å². The minimum atomic E-state index is -0.573. The van der Waals surface area contributed by atoms with Gasteiger partial charge in [0, 0.05) is 25.8 Å². The molecule has 6 heteroatoms. The lowest BCUT2D eigenvalue weighted by Gasteiger charge is -2.37. The van der Waals surface area contributed by atoms with Crippen LogP contribution in [0, 0.1) is 17.2 Å². The van der Waals surface area contributed by atoms with Crippen molar-refractivity contribution in [2.24, 2.45) is 11.8 Å². The van der Waals surface area contributed by atoms with E-state index in [2.05, 4.69) is 21.7 Å². The Bertz CT molecular complexity index is 748. The third-order valence-corrected chi connectivity index (χ3v) is 7.83. The highest BCUT2D eigenvalue weighted by Crippen LogP contribution is 2.38. The van der Waals surface area contributed by atoms with Crippen molar-refractivity contribution in [3.05, 3.63) is 30.1 Å². The van der Waals surface area contributed by atoms with Crippen molar-refractivity contribution in [1.29, 1.82) is 5.41 Å². The minimum Gasteiger partial charge on any atom is -0.342 e. The molecule has 2 aliphatic carbocycles. The Kier molecular flexibility index (Phi) is 7.26. The summed E-state index contributed by atoms with van der Waals surface area (Å²) in [5.74, 6) is 1.64. The van der Waals surface area contributed by atoms with Crippen LogP contribution >= 0.6 is 0 Å². The predicted molar refractivity (Wildman–Crippen MR) is 124 cm³/mol. The maximum atomic E-state index is 13.3. The van der Waals surface area contributed by atoms with E-state index in [4.69, 9.17) is 5.41 Å². The highest BCUT2D eigenvalue weighted by Gasteiger charge is 2.49. The molecule has 3 aliphatic rings. The molecule has 0 unspecified atom stereocenters. The Balaban J connectivity index is 1.37. The van der Waals surface area contributed by atoms with Gasteiger partial charge < -0.3 is 10.6 Å². The van der Waals surface area contributed by atoms with Crippen molar-refractivity contribution in [3.8, 4) is 0 Å². The fraction of sp³-hybridized carbons (Fsp3) is 0.720. The normalized spacial score (nSPS) is 29.9. The molecule has 0 bridgehead atoms. The van der Waals surface area contributed by atoms with E-state index in [0.717, 1.165) is 43.8 Å². The molecule has 0 spiro atoms. The molecule has 1 saturated heterocycles. The first-order valence-electron chi connectivity index (χ1n) is 12.3. The SMILES string of the molecule is CN1C(=N)N[C@](CCC2CCCCC2)(C[C@H]2CCC[C@H](NCc3ccccn3)C2)C1=O. The van der Waals surface area contributed by atoms with Crippen molar-refractivity contribution < 1.29 is 4.79 Å². The molecule has 1 amide bonds. The van der Waals surface area contributed by atoms with Crippen LogP contribution in [0.25, 0.3) is 0 Å². The number of aromatic nitrogens is 1. The molecule has 1 aliphatic heterocycles. The Hall–Kier alpha value is -1.95. The average Bonchev–Trinajstić information content (AvgIpc) is 3.01. The van der Waals surface area contributed by atoms with Gasteiger partial charge in [0.15, 0.2) is 5.96 Å². The number of guanidine groups is 1. The lowest BCUT2D eigenvalue weighted by atomic mass is 9.74. The molecule has 3 N–H and O–H groups in total. The fourth-order valence-electron chi connectivity index (χ4n) is 6.03. The van der Waals surface area contributed by atoms with Crippen LogP contribution < -0.4 is 10.6 Å². The number of nitrogens with one attached hydrogen (secondary N) is 3. The molecule has 2 heterocycles. The van der Waals surface area contributed by atoms with E-state index in [1.165, 1.54) is 56.3 Å². The van der Waals surface area contributed by atoms with Crippen LogP contribution in [-0.2, 0) is 11.3 Å². The molecular formula is C25H39N5O. The summed E-state index contributed by atoms with van der Waals surface area (Å²) >= 11 is 0. The summed E-state index contributed by atoms with van der Waals surface area (Å²) in [6.07, 6.45) is 16.0. The lowest BCUT2D eigenvalue weighted by Crippen LogP contribution is -2.49. The molecule has 3 fully saturated rings. The number of hydrogen-bond donors (Lipinski definition) is 3. The van der Waals surface area contributed by atoms with Crippen LogP contribution in [-0.4, -0.2) is 40.4 Å². The summed E-state index contributed by atoms with van der Waals surface area (Å²) in [6, 6.07) is 6.53. The van der Waals surface area contributed by atoms with Gasteiger partial charge in [-0.05, 0) is 56.1 Å². The largest absolute Gasteiger partial charge is 0.342 e. The fourth-order valence-corrected chi connectivity index (χ4v) is 6.03. The number of pyridine rings is 1. The average molecular weight is 426 g/mol. The van der Waals surface area contributed by atoms with Crippen LogP contribution in [0.4, 0.5) is 0 Å². The summed E-state index contributed by atoms with van der Waals surface area (Å²) in [4.78, 5) is 19.2. The summed E-state index contributed by atoms with van der Waals surface area (Å²) in [5, 5.41) is 15.3. The van der Waals surface area contributed by atoms with Gasteiger partial charge in [0.1, 0.15) is 5.54 Å². The molecule has 0 aromatic carbocycles. The van der Waals surface area contributed by atoms with Crippen molar-refractivity contribution in [3.63, 3.8) is 0 Å². The van der Waals surface area contributed by atoms with E-state index in [1.54, 1.807) is 7.05 Å². The Labute approximate surface area is 187 Å². The van der Waals surface area contributed by atoms with E-state index < -0.39 is 5.54 Å². The standard InChI is InChI=1S/C25H39N5O/c1-30-23(31)25(29-24(30)26,14-13-19-8-3-2-4-9-19)17-20-10-7-12-21(16-20)28-18-22-11-5-6-15-27-22/h5-6,11,15,19-21,28H,2-4,7-10,12-14,16-18H2,1H3,(H2,26,29)/t20-,21-,25+/m0/s1. The van der Waals surface area contributed by atoms with Crippen LogP contribution in [0.5, 0.6) is 0 Å². The van der Waals surface area contributed by atoms with Gasteiger partial charge in [0.25, 0.3) is 5.91 Å². The van der Waals surface area contributed by atoms with Gasteiger partial charge in [-0.2, -0.15) is 0 Å². The van der Waals surface area contributed by atoms with E-state index in [1.807, 2.05) is 18.3 Å². The molecule has 3 atom stereocenters.